The lowest BCUT2D eigenvalue weighted by molar-refractivity contribution is 0.0520. The first-order valence-electron chi connectivity index (χ1n) is 9.89. The second kappa shape index (κ2) is 8.18. The monoisotopic (exact) mass is 420 g/mol. The van der Waals surface area contributed by atoms with Crippen LogP contribution in [0.3, 0.4) is 0 Å². The van der Waals surface area contributed by atoms with Crippen LogP contribution in [-0.2, 0) is 11.8 Å². The van der Waals surface area contributed by atoms with E-state index in [2.05, 4.69) is 4.57 Å². The average molecular weight is 420 g/mol. The van der Waals surface area contributed by atoms with Gasteiger partial charge in [-0.25, -0.2) is 9.78 Å². The van der Waals surface area contributed by atoms with Gasteiger partial charge in [0.2, 0.25) is 5.75 Å². The number of carbonyl (C=O) groups is 1. The second-order valence-electron chi connectivity index (χ2n) is 6.96. The molecule has 0 saturated heterocycles. The summed E-state index contributed by atoms with van der Waals surface area (Å²) in [6, 6.07) is 13.5. The number of carbonyl (C=O) groups excluding carboxylic acids is 1. The lowest BCUT2D eigenvalue weighted by Crippen LogP contribution is -2.08. The molecule has 160 valence electrons. The Morgan fingerprint density at radius 2 is 1.65 bits per heavy atom. The summed E-state index contributed by atoms with van der Waals surface area (Å²) in [6.45, 7) is 2.04. The lowest BCUT2D eigenvalue weighted by Gasteiger charge is -2.15. The highest BCUT2D eigenvalue weighted by atomic mass is 16.5. The molecule has 4 aromatic rings. The van der Waals surface area contributed by atoms with E-state index in [4.69, 9.17) is 23.9 Å². The van der Waals surface area contributed by atoms with Crippen LogP contribution in [0.5, 0.6) is 17.2 Å². The van der Waals surface area contributed by atoms with Crippen molar-refractivity contribution in [2.45, 2.75) is 6.92 Å². The number of esters is 1. The van der Waals surface area contributed by atoms with E-state index in [9.17, 15) is 4.79 Å². The quantitative estimate of drug-likeness (QED) is 0.425. The summed E-state index contributed by atoms with van der Waals surface area (Å²) in [5, 5.41) is 1.95. The Bertz CT molecular complexity index is 1270. The minimum absolute atomic E-state index is 0.245. The van der Waals surface area contributed by atoms with E-state index in [1.54, 1.807) is 34.3 Å². The van der Waals surface area contributed by atoms with Crippen LogP contribution in [0.25, 0.3) is 33.1 Å². The molecule has 4 rings (SSSR count). The molecule has 0 fully saturated rings. The van der Waals surface area contributed by atoms with Gasteiger partial charge in [0.1, 0.15) is 5.69 Å². The van der Waals surface area contributed by atoms with Crippen molar-refractivity contribution in [2.24, 2.45) is 7.05 Å². The van der Waals surface area contributed by atoms with E-state index in [1.807, 2.05) is 43.4 Å². The Morgan fingerprint density at radius 1 is 0.968 bits per heavy atom. The Balaban J connectivity index is 2.11. The van der Waals surface area contributed by atoms with Crippen LogP contribution in [0.15, 0.2) is 42.5 Å². The van der Waals surface area contributed by atoms with Gasteiger partial charge in [0.25, 0.3) is 0 Å². The van der Waals surface area contributed by atoms with Crippen molar-refractivity contribution in [3.05, 3.63) is 48.2 Å². The predicted molar refractivity (Wildman–Crippen MR) is 119 cm³/mol. The number of para-hydroxylation sites is 1. The Morgan fingerprint density at radius 3 is 2.26 bits per heavy atom. The highest BCUT2D eigenvalue weighted by Gasteiger charge is 2.22. The number of benzene rings is 2. The molecule has 2 heterocycles. The highest BCUT2D eigenvalue weighted by Crippen LogP contribution is 2.43. The third-order valence-electron chi connectivity index (χ3n) is 5.31. The van der Waals surface area contributed by atoms with Gasteiger partial charge >= 0.3 is 5.97 Å². The molecular formula is C24H24N2O5. The number of ether oxygens (including phenoxy) is 4. The number of aromatic nitrogens is 2. The van der Waals surface area contributed by atoms with Crippen LogP contribution in [0.4, 0.5) is 0 Å². The van der Waals surface area contributed by atoms with Gasteiger partial charge in [0.15, 0.2) is 11.5 Å². The molecule has 31 heavy (non-hydrogen) atoms. The SMILES string of the molecule is CCOC(=O)c1cc2c3ccccc3n(C)c2c(-c2cc(OC)c(OC)c(OC)c2)n1. The molecule has 0 radical (unpaired) electrons. The zero-order valence-corrected chi connectivity index (χ0v) is 18.2. The largest absolute Gasteiger partial charge is 0.493 e. The van der Waals surface area contributed by atoms with Gasteiger partial charge in [-0.2, -0.15) is 0 Å². The third-order valence-corrected chi connectivity index (χ3v) is 5.31. The maximum atomic E-state index is 12.6. The number of hydrogen-bond donors (Lipinski definition) is 0. The maximum absolute atomic E-state index is 12.6. The van der Waals surface area contributed by atoms with Gasteiger partial charge in [-0.15, -0.1) is 0 Å². The standard InChI is InChI=1S/C24H24N2O5/c1-6-31-24(27)17-13-16-15-9-7-8-10-18(15)26(2)22(16)21(25-17)14-11-19(28-3)23(30-5)20(12-14)29-4/h7-13H,6H2,1-5H3. The number of hydrogen-bond acceptors (Lipinski definition) is 6. The molecule has 0 atom stereocenters. The molecule has 2 aromatic carbocycles. The second-order valence-corrected chi connectivity index (χ2v) is 6.96. The first kappa shape index (κ1) is 20.5. The fourth-order valence-corrected chi connectivity index (χ4v) is 3.93. The maximum Gasteiger partial charge on any atom is 0.356 e. The zero-order valence-electron chi connectivity index (χ0n) is 18.2. The van der Waals surface area contributed by atoms with E-state index in [-0.39, 0.29) is 12.3 Å². The zero-order chi connectivity index (χ0) is 22.1. The first-order valence-corrected chi connectivity index (χ1v) is 9.89. The van der Waals surface area contributed by atoms with Gasteiger partial charge in [0, 0.05) is 28.9 Å². The van der Waals surface area contributed by atoms with Gasteiger partial charge in [-0.3, -0.25) is 0 Å². The molecule has 0 N–H and O–H groups in total. The summed E-state index contributed by atoms with van der Waals surface area (Å²) in [7, 11) is 6.67. The minimum atomic E-state index is -0.467. The van der Waals surface area contributed by atoms with Crippen LogP contribution in [0.1, 0.15) is 17.4 Å². The minimum Gasteiger partial charge on any atom is -0.493 e. The van der Waals surface area contributed by atoms with Crippen LogP contribution < -0.4 is 14.2 Å². The Hall–Kier alpha value is -3.74. The van der Waals surface area contributed by atoms with Crippen molar-refractivity contribution < 1.29 is 23.7 Å². The molecule has 0 spiro atoms. The van der Waals surface area contributed by atoms with Gasteiger partial charge in [-0.1, -0.05) is 18.2 Å². The lowest BCUT2D eigenvalue weighted by atomic mass is 10.0. The molecule has 0 aliphatic carbocycles. The molecule has 0 bridgehead atoms. The fraction of sp³-hybridized carbons (Fsp3) is 0.250. The van der Waals surface area contributed by atoms with Gasteiger partial charge in [0.05, 0.1) is 39.1 Å². The Kier molecular flexibility index (Phi) is 5.42. The van der Waals surface area contributed by atoms with Crippen LogP contribution in [0.2, 0.25) is 0 Å². The number of aryl methyl sites for hydroxylation is 1. The summed E-state index contributed by atoms with van der Waals surface area (Å²) >= 11 is 0. The highest BCUT2D eigenvalue weighted by molar-refractivity contribution is 6.13. The molecule has 0 amide bonds. The molecular weight excluding hydrogens is 396 g/mol. The summed E-state index contributed by atoms with van der Waals surface area (Å²) in [6.07, 6.45) is 0. The van der Waals surface area contributed by atoms with Gasteiger partial charge < -0.3 is 23.5 Å². The summed E-state index contributed by atoms with van der Waals surface area (Å²) in [4.78, 5) is 17.3. The number of fused-ring (bicyclic) bond motifs is 3. The van der Waals surface area contributed by atoms with Crippen molar-refractivity contribution in [1.82, 2.24) is 9.55 Å². The van der Waals surface area contributed by atoms with Crippen molar-refractivity contribution in [3.63, 3.8) is 0 Å². The van der Waals surface area contributed by atoms with Crippen molar-refractivity contribution in [1.29, 1.82) is 0 Å². The average Bonchev–Trinajstić information content (AvgIpc) is 3.09. The molecule has 0 unspecified atom stereocenters. The predicted octanol–water partition coefficient (Wildman–Crippen LogP) is 4.60. The Labute approximate surface area is 180 Å². The van der Waals surface area contributed by atoms with Crippen LogP contribution >= 0.6 is 0 Å². The molecule has 0 aliphatic rings. The van der Waals surface area contributed by atoms with E-state index in [1.165, 1.54) is 0 Å². The normalized spacial score (nSPS) is 11.0. The number of rotatable bonds is 6. The van der Waals surface area contributed by atoms with E-state index in [0.29, 0.717) is 22.9 Å². The molecule has 0 saturated carbocycles. The van der Waals surface area contributed by atoms with Crippen molar-refractivity contribution >= 4 is 27.8 Å². The summed E-state index contributed by atoms with van der Waals surface area (Å²) in [5.74, 6) is 1.04. The summed E-state index contributed by atoms with van der Waals surface area (Å²) < 4.78 is 23.8. The van der Waals surface area contributed by atoms with Crippen molar-refractivity contribution in [2.75, 3.05) is 27.9 Å². The number of pyridine rings is 1. The number of nitrogens with zero attached hydrogens (tertiary/aromatic N) is 2. The third kappa shape index (κ3) is 3.32. The number of methoxy groups -OCH3 is 3. The van der Waals surface area contributed by atoms with Crippen LogP contribution in [-0.4, -0.2) is 43.5 Å². The summed E-state index contributed by atoms with van der Waals surface area (Å²) in [5.41, 5.74) is 3.53. The van der Waals surface area contributed by atoms with Crippen LogP contribution in [0, 0.1) is 0 Å². The van der Waals surface area contributed by atoms with E-state index in [0.717, 1.165) is 27.4 Å². The van der Waals surface area contributed by atoms with E-state index >= 15 is 0 Å². The molecule has 2 aromatic heterocycles. The molecule has 7 nitrogen and oxygen atoms in total. The van der Waals surface area contributed by atoms with Crippen molar-refractivity contribution in [3.8, 4) is 28.5 Å². The van der Waals surface area contributed by atoms with E-state index < -0.39 is 5.97 Å². The van der Waals surface area contributed by atoms with Gasteiger partial charge in [-0.05, 0) is 31.2 Å². The topological polar surface area (TPSA) is 71.8 Å². The smallest absolute Gasteiger partial charge is 0.356 e. The molecule has 0 aliphatic heterocycles. The molecule has 7 heteroatoms. The fourth-order valence-electron chi connectivity index (χ4n) is 3.93. The first-order chi connectivity index (χ1) is 15.0.